The summed E-state index contributed by atoms with van der Waals surface area (Å²) in [4.78, 5) is 12.7. The molecule has 7 heteroatoms. The van der Waals surface area contributed by atoms with Gasteiger partial charge >= 0.3 is 0 Å². The van der Waals surface area contributed by atoms with Crippen LogP contribution in [0.25, 0.3) is 42.7 Å². The molecule has 6 aromatic rings. The number of rotatable bonds is 2. The summed E-state index contributed by atoms with van der Waals surface area (Å²) in [6, 6.07) is 21.5. The Morgan fingerprint density at radius 1 is 0.923 bits per heavy atom. The minimum absolute atomic E-state index is 0. The number of hydrogen-bond donors (Lipinski definition) is 0. The number of benzene rings is 2. The standard InChI is InChI=1S/C18H12FN2S.C14H11FN.Ir/c1-2-11-6-7-21-15(8-11)12-4-3-5-13-17-14(19)9-20-10-16(17)22-18(12)13;1-14(2)10-6-4-3-5-9(10)13-12(14)11(15)7-8-16-13;/h3,5-10H,2H2,1H3;3-4,6-8H,1-2H3;/q2*-1;. The van der Waals surface area contributed by atoms with Gasteiger partial charge in [-0.25, -0.2) is 8.78 Å². The van der Waals surface area contributed by atoms with Crippen molar-refractivity contribution in [2.75, 3.05) is 0 Å². The average molecular weight is 712 g/mol. The van der Waals surface area contributed by atoms with Crippen molar-refractivity contribution >= 4 is 31.5 Å². The largest absolute Gasteiger partial charge is 0.305 e. The van der Waals surface area contributed by atoms with Gasteiger partial charge in [-0.2, -0.15) is 11.3 Å². The minimum atomic E-state index is -0.319. The van der Waals surface area contributed by atoms with Gasteiger partial charge < -0.3 is 9.97 Å². The van der Waals surface area contributed by atoms with Crippen LogP contribution in [0.3, 0.4) is 0 Å². The van der Waals surface area contributed by atoms with E-state index in [1.165, 1.54) is 35.4 Å². The van der Waals surface area contributed by atoms with E-state index in [2.05, 4.69) is 40.1 Å². The van der Waals surface area contributed by atoms with Gasteiger partial charge in [0.15, 0.2) is 0 Å². The number of thiophene rings is 1. The van der Waals surface area contributed by atoms with Crippen molar-refractivity contribution in [3.05, 3.63) is 114 Å². The fourth-order valence-electron chi connectivity index (χ4n) is 5.18. The van der Waals surface area contributed by atoms with Crippen LogP contribution in [0.2, 0.25) is 0 Å². The molecule has 1 aliphatic carbocycles. The Morgan fingerprint density at radius 2 is 1.72 bits per heavy atom. The van der Waals surface area contributed by atoms with E-state index >= 15 is 0 Å². The van der Waals surface area contributed by atoms with Crippen LogP contribution in [0.5, 0.6) is 0 Å². The molecule has 1 radical (unpaired) electrons. The first kappa shape index (κ1) is 27.2. The minimum Gasteiger partial charge on any atom is -0.305 e. The van der Waals surface area contributed by atoms with Crippen LogP contribution < -0.4 is 0 Å². The molecule has 0 fully saturated rings. The Bertz CT molecular complexity index is 1830. The number of hydrogen-bond acceptors (Lipinski definition) is 4. The van der Waals surface area contributed by atoms with Gasteiger partial charge in [-0.05, 0) is 45.6 Å². The summed E-state index contributed by atoms with van der Waals surface area (Å²) in [6.45, 7) is 6.16. The number of pyridine rings is 3. The van der Waals surface area contributed by atoms with Gasteiger partial charge in [0.05, 0.1) is 6.20 Å². The van der Waals surface area contributed by atoms with Crippen molar-refractivity contribution in [1.82, 2.24) is 15.0 Å². The Morgan fingerprint density at radius 3 is 2.54 bits per heavy atom. The van der Waals surface area contributed by atoms with Crippen molar-refractivity contribution in [3.63, 3.8) is 0 Å². The molecule has 0 spiro atoms. The molecular formula is C32H23F2IrN3S-2. The molecule has 4 heterocycles. The van der Waals surface area contributed by atoms with Crippen LogP contribution in [-0.4, -0.2) is 15.0 Å². The van der Waals surface area contributed by atoms with E-state index in [0.717, 1.165) is 49.3 Å². The van der Waals surface area contributed by atoms with Gasteiger partial charge in [0.25, 0.3) is 0 Å². The zero-order valence-corrected chi connectivity index (χ0v) is 24.7. The van der Waals surface area contributed by atoms with Crippen LogP contribution in [0.4, 0.5) is 8.78 Å². The second-order valence-corrected chi connectivity index (χ2v) is 10.7. The van der Waals surface area contributed by atoms with Crippen LogP contribution in [-0.2, 0) is 31.9 Å². The summed E-state index contributed by atoms with van der Waals surface area (Å²) in [5.41, 5.74) is 6.17. The van der Waals surface area contributed by atoms with E-state index in [-0.39, 0.29) is 37.2 Å². The molecule has 4 aromatic heterocycles. The topological polar surface area (TPSA) is 38.7 Å². The third-order valence-corrected chi connectivity index (χ3v) is 8.23. The fourth-order valence-corrected chi connectivity index (χ4v) is 6.37. The maximum atomic E-state index is 14.1. The second kappa shape index (κ2) is 10.6. The van der Waals surface area contributed by atoms with E-state index in [4.69, 9.17) is 0 Å². The summed E-state index contributed by atoms with van der Waals surface area (Å²) in [5.74, 6) is -0.462. The SMILES string of the molecule is CC1(C)c2ccc[c-]c2-c2nccc(F)c21.CCc1ccnc(-c2[c-]ccc3c2sc2cncc(F)c23)c1.[Ir]. The first-order chi connectivity index (χ1) is 18.4. The number of aryl methyl sites for hydroxylation is 1. The molecule has 1 aliphatic rings. The van der Waals surface area contributed by atoms with Crippen LogP contribution in [0, 0.1) is 23.8 Å². The van der Waals surface area contributed by atoms with E-state index in [9.17, 15) is 8.78 Å². The molecular weight excluding hydrogens is 689 g/mol. The Labute approximate surface area is 243 Å². The third kappa shape index (κ3) is 4.59. The van der Waals surface area contributed by atoms with Gasteiger partial charge in [-0.3, -0.25) is 4.98 Å². The van der Waals surface area contributed by atoms with E-state index < -0.39 is 0 Å². The van der Waals surface area contributed by atoms with Crippen molar-refractivity contribution in [3.8, 4) is 22.5 Å². The maximum absolute atomic E-state index is 14.1. The normalized spacial score (nSPS) is 12.8. The Hall–Kier alpha value is -3.38. The van der Waals surface area contributed by atoms with Crippen molar-refractivity contribution in [1.29, 1.82) is 0 Å². The molecule has 0 aliphatic heterocycles. The molecule has 0 saturated carbocycles. The van der Waals surface area contributed by atoms with Crippen molar-refractivity contribution in [2.24, 2.45) is 0 Å². The Balaban J connectivity index is 0.000000161. The van der Waals surface area contributed by atoms with Crippen LogP contribution >= 0.6 is 11.3 Å². The predicted octanol–water partition coefficient (Wildman–Crippen LogP) is 8.34. The van der Waals surface area contributed by atoms with Crippen molar-refractivity contribution < 1.29 is 28.9 Å². The van der Waals surface area contributed by atoms with E-state index in [1.807, 2.05) is 56.4 Å². The fraction of sp³-hybridized carbons (Fsp3) is 0.156. The van der Waals surface area contributed by atoms with Gasteiger partial charge in [-0.1, -0.05) is 37.8 Å². The molecule has 3 nitrogen and oxygen atoms in total. The molecule has 197 valence electrons. The first-order valence-corrected chi connectivity index (χ1v) is 13.2. The molecule has 39 heavy (non-hydrogen) atoms. The van der Waals surface area contributed by atoms with Gasteiger partial charge in [-0.15, -0.1) is 59.2 Å². The molecule has 0 amide bonds. The quantitative estimate of drug-likeness (QED) is 0.170. The molecule has 0 unspecified atom stereocenters. The molecule has 0 atom stereocenters. The average Bonchev–Trinajstić information content (AvgIpc) is 3.43. The number of fused-ring (bicyclic) bond motifs is 6. The van der Waals surface area contributed by atoms with Crippen LogP contribution in [0.15, 0.2) is 73.3 Å². The van der Waals surface area contributed by atoms with Gasteiger partial charge in [0.1, 0.15) is 11.6 Å². The second-order valence-electron chi connectivity index (χ2n) is 9.70. The third-order valence-electron chi connectivity index (χ3n) is 7.08. The van der Waals surface area contributed by atoms with E-state index in [0.29, 0.717) is 10.9 Å². The van der Waals surface area contributed by atoms with E-state index in [1.54, 1.807) is 6.20 Å². The molecule has 2 aromatic carbocycles. The smallest absolute Gasteiger partial charge is 0.149 e. The summed E-state index contributed by atoms with van der Waals surface area (Å²) in [5, 5.41) is 1.54. The van der Waals surface area contributed by atoms with Crippen molar-refractivity contribution in [2.45, 2.75) is 32.6 Å². The molecule has 7 rings (SSSR count). The van der Waals surface area contributed by atoms with Gasteiger partial charge in [0, 0.05) is 48.8 Å². The Kier molecular flexibility index (Phi) is 7.43. The molecule has 0 N–H and O–H groups in total. The summed E-state index contributed by atoms with van der Waals surface area (Å²) in [7, 11) is 0. The van der Waals surface area contributed by atoms with Crippen LogP contribution in [0.1, 0.15) is 37.5 Å². The maximum Gasteiger partial charge on any atom is 0.149 e. The number of halogens is 2. The number of aromatic nitrogens is 3. The summed E-state index contributed by atoms with van der Waals surface area (Å²) in [6.07, 6.45) is 7.26. The number of nitrogens with zero attached hydrogens (tertiary/aromatic N) is 3. The van der Waals surface area contributed by atoms with Gasteiger partial charge in [0.2, 0.25) is 0 Å². The predicted molar refractivity (Wildman–Crippen MR) is 149 cm³/mol. The molecule has 0 saturated heterocycles. The summed E-state index contributed by atoms with van der Waals surface area (Å²) < 4.78 is 29.9. The first-order valence-electron chi connectivity index (χ1n) is 12.4. The summed E-state index contributed by atoms with van der Waals surface area (Å²) >= 11 is 1.54. The zero-order chi connectivity index (χ0) is 26.4. The molecule has 0 bridgehead atoms. The monoisotopic (exact) mass is 712 g/mol. The zero-order valence-electron chi connectivity index (χ0n) is 21.5.